The number of nitrogens with zero attached hydrogens (tertiary/aromatic N) is 1. The van der Waals surface area contributed by atoms with Crippen LogP contribution in [-0.2, 0) is 9.53 Å². The summed E-state index contributed by atoms with van der Waals surface area (Å²) in [5.41, 5.74) is -0.546. The van der Waals surface area contributed by atoms with E-state index in [0.29, 0.717) is 19.4 Å². The average Bonchev–Trinajstić information content (AvgIpc) is 2.20. The molecule has 14 heavy (non-hydrogen) atoms. The molecule has 1 N–H and O–H groups in total. The van der Waals surface area contributed by atoms with Crippen molar-refractivity contribution in [3.05, 3.63) is 0 Å². The SMILES string of the molecule is CCOC(=O)C1(CC#N)CCNCC1. The van der Waals surface area contributed by atoms with E-state index >= 15 is 0 Å². The minimum atomic E-state index is -0.546. The van der Waals surface area contributed by atoms with Crippen LogP contribution in [0.15, 0.2) is 0 Å². The molecule has 0 aromatic carbocycles. The Bertz CT molecular complexity index is 239. The molecule has 1 heterocycles. The van der Waals surface area contributed by atoms with Crippen LogP contribution >= 0.6 is 0 Å². The Morgan fingerprint density at radius 2 is 2.21 bits per heavy atom. The molecule has 1 aliphatic heterocycles. The fourth-order valence-electron chi connectivity index (χ4n) is 1.79. The van der Waals surface area contributed by atoms with E-state index in [-0.39, 0.29) is 12.4 Å². The van der Waals surface area contributed by atoms with Crippen LogP contribution in [0.5, 0.6) is 0 Å². The van der Waals surface area contributed by atoms with Crippen molar-refractivity contribution in [1.29, 1.82) is 5.26 Å². The first-order valence-corrected chi connectivity index (χ1v) is 5.00. The monoisotopic (exact) mass is 196 g/mol. The first kappa shape index (κ1) is 11.0. The van der Waals surface area contributed by atoms with Gasteiger partial charge in [-0.3, -0.25) is 4.79 Å². The predicted molar refractivity (Wildman–Crippen MR) is 51.4 cm³/mol. The Hall–Kier alpha value is -1.08. The number of piperidine rings is 1. The number of hydrogen-bond acceptors (Lipinski definition) is 4. The fraction of sp³-hybridized carbons (Fsp3) is 0.800. The summed E-state index contributed by atoms with van der Waals surface area (Å²) in [5.74, 6) is -0.206. The zero-order chi connectivity index (χ0) is 10.4. The van der Waals surface area contributed by atoms with Crippen LogP contribution < -0.4 is 5.32 Å². The Kier molecular flexibility index (Phi) is 3.90. The van der Waals surface area contributed by atoms with Crippen molar-refractivity contribution in [1.82, 2.24) is 5.32 Å². The topological polar surface area (TPSA) is 62.1 Å². The Morgan fingerprint density at radius 1 is 1.57 bits per heavy atom. The minimum absolute atomic E-state index is 0.206. The van der Waals surface area contributed by atoms with Gasteiger partial charge < -0.3 is 10.1 Å². The lowest BCUT2D eigenvalue weighted by Crippen LogP contribution is -2.42. The fourth-order valence-corrected chi connectivity index (χ4v) is 1.79. The molecule has 0 atom stereocenters. The maximum Gasteiger partial charge on any atom is 0.313 e. The maximum absolute atomic E-state index is 11.7. The van der Waals surface area contributed by atoms with E-state index in [2.05, 4.69) is 11.4 Å². The van der Waals surface area contributed by atoms with Crippen molar-refractivity contribution in [2.24, 2.45) is 5.41 Å². The smallest absolute Gasteiger partial charge is 0.313 e. The number of hydrogen-bond donors (Lipinski definition) is 1. The lowest BCUT2D eigenvalue weighted by Gasteiger charge is -2.33. The molecule has 4 nitrogen and oxygen atoms in total. The van der Waals surface area contributed by atoms with Gasteiger partial charge in [0.15, 0.2) is 0 Å². The van der Waals surface area contributed by atoms with Crippen molar-refractivity contribution in [2.45, 2.75) is 26.2 Å². The van der Waals surface area contributed by atoms with Gasteiger partial charge in [-0.2, -0.15) is 5.26 Å². The van der Waals surface area contributed by atoms with Crippen molar-refractivity contribution in [3.8, 4) is 6.07 Å². The van der Waals surface area contributed by atoms with Gasteiger partial charge in [-0.1, -0.05) is 0 Å². The molecular weight excluding hydrogens is 180 g/mol. The number of carbonyl (C=O) groups is 1. The van der Waals surface area contributed by atoms with Gasteiger partial charge in [-0.05, 0) is 32.9 Å². The standard InChI is InChI=1S/C10H16N2O2/c1-2-14-9(13)10(3-6-11)4-7-12-8-5-10/h12H,2-5,7-8H2,1H3. The van der Waals surface area contributed by atoms with Gasteiger partial charge >= 0.3 is 5.97 Å². The molecule has 78 valence electrons. The van der Waals surface area contributed by atoms with Gasteiger partial charge in [0.2, 0.25) is 0 Å². The third-order valence-corrected chi connectivity index (χ3v) is 2.69. The summed E-state index contributed by atoms with van der Waals surface area (Å²) in [5, 5.41) is 11.9. The molecule has 0 bridgehead atoms. The molecule has 0 aromatic heterocycles. The molecule has 0 aliphatic carbocycles. The van der Waals surface area contributed by atoms with Gasteiger partial charge in [0.25, 0.3) is 0 Å². The zero-order valence-corrected chi connectivity index (χ0v) is 8.51. The Labute approximate surface area is 84.2 Å². The third kappa shape index (κ3) is 2.24. The number of esters is 1. The number of nitrogens with one attached hydrogen (secondary N) is 1. The van der Waals surface area contributed by atoms with E-state index in [4.69, 9.17) is 10.00 Å². The summed E-state index contributed by atoms with van der Waals surface area (Å²) >= 11 is 0. The van der Waals surface area contributed by atoms with Crippen LogP contribution in [0, 0.1) is 16.7 Å². The summed E-state index contributed by atoms with van der Waals surface area (Å²) in [4.78, 5) is 11.7. The van der Waals surface area contributed by atoms with E-state index in [1.54, 1.807) is 6.92 Å². The van der Waals surface area contributed by atoms with E-state index in [9.17, 15) is 4.79 Å². The van der Waals surface area contributed by atoms with Gasteiger partial charge in [0, 0.05) is 0 Å². The Morgan fingerprint density at radius 3 is 2.71 bits per heavy atom. The molecule has 0 unspecified atom stereocenters. The molecule has 0 aromatic rings. The van der Waals surface area contributed by atoms with Crippen LogP contribution in [0.25, 0.3) is 0 Å². The van der Waals surface area contributed by atoms with E-state index in [1.807, 2.05) is 0 Å². The second kappa shape index (κ2) is 4.97. The van der Waals surface area contributed by atoms with Gasteiger partial charge in [-0.25, -0.2) is 0 Å². The average molecular weight is 196 g/mol. The highest BCUT2D eigenvalue weighted by Crippen LogP contribution is 2.33. The molecule has 0 saturated carbocycles. The van der Waals surface area contributed by atoms with Crippen LogP contribution in [0.4, 0.5) is 0 Å². The summed E-state index contributed by atoms with van der Waals surface area (Å²) < 4.78 is 5.02. The molecule has 1 aliphatic rings. The molecular formula is C10H16N2O2. The number of nitriles is 1. The number of ether oxygens (including phenoxy) is 1. The van der Waals surface area contributed by atoms with Crippen molar-refractivity contribution >= 4 is 5.97 Å². The highest BCUT2D eigenvalue weighted by atomic mass is 16.5. The van der Waals surface area contributed by atoms with Crippen LogP contribution in [0.2, 0.25) is 0 Å². The second-order valence-electron chi connectivity index (χ2n) is 3.59. The first-order valence-electron chi connectivity index (χ1n) is 5.00. The summed E-state index contributed by atoms with van der Waals surface area (Å²) in [6.45, 7) is 3.76. The Balaban J connectivity index is 2.69. The third-order valence-electron chi connectivity index (χ3n) is 2.69. The van der Waals surface area contributed by atoms with Crippen LogP contribution in [0.3, 0.4) is 0 Å². The maximum atomic E-state index is 11.7. The lowest BCUT2D eigenvalue weighted by molar-refractivity contribution is -0.156. The molecule has 1 fully saturated rings. The number of carbonyl (C=O) groups excluding carboxylic acids is 1. The van der Waals surface area contributed by atoms with E-state index in [0.717, 1.165) is 13.1 Å². The van der Waals surface area contributed by atoms with Crippen LogP contribution in [-0.4, -0.2) is 25.7 Å². The van der Waals surface area contributed by atoms with E-state index in [1.165, 1.54) is 0 Å². The normalized spacial score (nSPS) is 19.7. The summed E-state index contributed by atoms with van der Waals surface area (Å²) in [7, 11) is 0. The molecule has 0 radical (unpaired) electrons. The summed E-state index contributed by atoms with van der Waals surface area (Å²) in [6.07, 6.45) is 1.69. The van der Waals surface area contributed by atoms with Gasteiger partial charge in [0.1, 0.15) is 0 Å². The zero-order valence-electron chi connectivity index (χ0n) is 8.51. The van der Waals surface area contributed by atoms with Gasteiger partial charge in [-0.15, -0.1) is 0 Å². The first-order chi connectivity index (χ1) is 6.75. The molecule has 0 amide bonds. The number of rotatable bonds is 3. The molecule has 1 rings (SSSR count). The highest BCUT2D eigenvalue weighted by Gasteiger charge is 2.40. The van der Waals surface area contributed by atoms with Crippen molar-refractivity contribution in [3.63, 3.8) is 0 Å². The second-order valence-corrected chi connectivity index (χ2v) is 3.59. The van der Waals surface area contributed by atoms with Crippen molar-refractivity contribution < 1.29 is 9.53 Å². The molecule has 4 heteroatoms. The van der Waals surface area contributed by atoms with Crippen LogP contribution in [0.1, 0.15) is 26.2 Å². The lowest BCUT2D eigenvalue weighted by atomic mass is 9.76. The van der Waals surface area contributed by atoms with Crippen molar-refractivity contribution in [2.75, 3.05) is 19.7 Å². The summed E-state index contributed by atoms with van der Waals surface area (Å²) in [6, 6.07) is 2.09. The van der Waals surface area contributed by atoms with E-state index < -0.39 is 5.41 Å². The van der Waals surface area contributed by atoms with Gasteiger partial charge in [0.05, 0.1) is 24.5 Å². The quantitative estimate of drug-likeness (QED) is 0.679. The largest absolute Gasteiger partial charge is 0.466 e. The molecule has 1 saturated heterocycles. The predicted octanol–water partition coefficient (Wildman–Crippen LogP) is 0.833. The molecule has 0 spiro atoms. The highest BCUT2D eigenvalue weighted by molar-refractivity contribution is 5.77. The minimum Gasteiger partial charge on any atom is -0.466 e.